The molecule has 3 rings (SSSR count). The summed E-state index contributed by atoms with van der Waals surface area (Å²) in [5.41, 5.74) is 3.21. The van der Waals surface area contributed by atoms with Gasteiger partial charge >= 0.3 is 0 Å². The van der Waals surface area contributed by atoms with Gasteiger partial charge in [-0.1, -0.05) is 41.9 Å². The molecule has 0 aliphatic heterocycles. The SMILES string of the molecule is CC(O)c1ccccc1NC(c1ccc(Cl)cc1)C1CC1. The van der Waals surface area contributed by atoms with Crippen LogP contribution in [0.2, 0.25) is 5.02 Å². The van der Waals surface area contributed by atoms with E-state index in [1.807, 2.05) is 36.4 Å². The summed E-state index contributed by atoms with van der Waals surface area (Å²) in [7, 11) is 0. The first-order chi connectivity index (χ1) is 10.1. The Bertz CT molecular complexity index is 605. The van der Waals surface area contributed by atoms with Gasteiger partial charge in [-0.05, 0) is 49.4 Å². The number of aliphatic hydroxyl groups is 1. The molecule has 0 heterocycles. The van der Waals surface area contributed by atoms with Gasteiger partial charge in [0.25, 0.3) is 0 Å². The number of hydrogen-bond donors (Lipinski definition) is 2. The van der Waals surface area contributed by atoms with Crippen LogP contribution in [0.25, 0.3) is 0 Å². The van der Waals surface area contributed by atoms with E-state index in [9.17, 15) is 5.11 Å². The summed E-state index contributed by atoms with van der Waals surface area (Å²) in [6.07, 6.45) is 2.02. The summed E-state index contributed by atoms with van der Waals surface area (Å²) in [5, 5.41) is 14.3. The lowest BCUT2D eigenvalue weighted by atomic mass is 10.0. The highest BCUT2D eigenvalue weighted by Crippen LogP contribution is 2.43. The highest BCUT2D eigenvalue weighted by atomic mass is 35.5. The van der Waals surface area contributed by atoms with Crippen LogP contribution in [0.3, 0.4) is 0 Å². The molecule has 0 spiro atoms. The molecular formula is C18H20ClNO. The van der Waals surface area contributed by atoms with E-state index in [1.54, 1.807) is 6.92 Å². The number of aliphatic hydroxyl groups excluding tert-OH is 1. The van der Waals surface area contributed by atoms with Crippen LogP contribution in [0, 0.1) is 5.92 Å². The lowest BCUT2D eigenvalue weighted by Gasteiger charge is -2.23. The van der Waals surface area contributed by atoms with Crippen molar-refractivity contribution in [1.29, 1.82) is 0 Å². The van der Waals surface area contributed by atoms with Gasteiger partial charge in [0.05, 0.1) is 12.1 Å². The highest BCUT2D eigenvalue weighted by molar-refractivity contribution is 6.30. The van der Waals surface area contributed by atoms with Crippen LogP contribution >= 0.6 is 11.6 Å². The third kappa shape index (κ3) is 3.39. The first-order valence-electron chi connectivity index (χ1n) is 7.44. The predicted octanol–water partition coefficient (Wildman–Crippen LogP) is 4.96. The van der Waals surface area contributed by atoms with Crippen molar-refractivity contribution in [3.05, 3.63) is 64.7 Å². The number of hydrogen-bond acceptors (Lipinski definition) is 2. The fourth-order valence-electron chi connectivity index (χ4n) is 2.73. The zero-order valence-corrected chi connectivity index (χ0v) is 12.8. The van der Waals surface area contributed by atoms with Gasteiger partial charge in [-0.3, -0.25) is 0 Å². The van der Waals surface area contributed by atoms with Crippen LogP contribution in [0.4, 0.5) is 5.69 Å². The molecule has 0 aromatic heterocycles. The molecule has 1 aliphatic carbocycles. The van der Waals surface area contributed by atoms with Crippen molar-refractivity contribution in [2.45, 2.75) is 31.9 Å². The molecule has 21 heavy (non-hydrogen) atoms. The van der Waals surface area contributed by atoms with Crippen LogP contribution in [0.5, 0.6) is 0 Å². The van der Waals surface area contributed by atoms with Gasteiger partial charge in [-0.2, -0.15) is 0 Å². The summed E-state index contributed by atoms with van der Waals surface area (Å²) >= 11 is 5.99. The zero-order valence-electron chi connectivity index (χ0n) is 12.1. The molecule has 2 aromatic carbocycles. The molecule has 3 heteroatoms. The van der Waals surface area contributed by atoms with Gasteiger partial charge in [-0.15, -0.1) is 0 Å². The van der Waals surface area contributed by atoms with Crippen LogP contribution < -0.4 is 5.32 Å². The lowest BCUT2D eigenvalue weighted by molar-refractivity contribution is 0.200. The summed E-state index contributed by atoms with van der Waals surface area (Å²) in [6, 6.07) is 16.3. The van der Waals surface area contributed by atoms with E-state index in [1.165, 1.54) is 18.4 Å². The summed E-state index contributed by atoms with van der Waals surface area (Å²) in [6.45, 7) is 1.80. The third-order valence-corrected chi connectivity index (χ3v) is 4.30. The van der Waals surface area contributed by atoms with Crippen LogP contribution in [-0.2, 0) is 0 Å². The molecule has 1 aliphatic rings. The molecule has 1 saturated carbocycles. The normalized spacial score (nSPS) is 17.3. The van der Waals surface area contributed by atoms with Crippen molar-refractivity contribution < 1.29 is 5.11 Å². The van der Waals surface area contributed by atoms with E-state index in [0.29, 0.717) is 5.92 Å². The van der Waals surface area contributed by atoms with Crippen molar-refractivity contribution in [3.8, 4) is 0 Å². The molecule has 0 amide bonds. The van der Waals surface area contributed by atoms with Crippen molar-refractivity contribution in [2.75, 3.05) is 5.32 Å². The van der Waals surface area contributed by atoms with E-state index < -0.39 is 6.10 Å². The second-order valence-corrected chi connectivity index (χ2v) is 6.21. The molecule has 0 radical (unpaired) electrons. The molecule has 110 valence electrons. The smallest absolute Gasteiger partial charge is 0.0781 e. The van der Waals surface area contributed by atoms with Crippen LogP contribution in [0.1, 0.15) is 43.0 Å². The Morgan fingerprint density at radius 3 is 2.38 bits per heavy atom. The fraction of sp³-hybridized carbons (Fsp3) is 0.333. The minimum atomic E-state index is -0.473. The molecule has 2 atom stereocenters. The Balaban J connectivity index is 1.88. The minimum Gasteiger partial charge on any atom is -0.389 e. The van der Waals surface area contributed by atoms with E-state index >= 15 is 0 Å². The maximum absolute atomic E-state index is 9.92. The Morgan fingerprint density at radius 2 is 1.76 bits per heavy atom. The summed E-state index contributed by atoms with van der Waals surface area (Å²) < 4.78 is 0. The third-order valence-electron chi connectivity index (χ3n) is 4.04. The predicted molar refractivity (Wildman–Crippen MR) is 87.6 cm³/mol. The topological polar surface area (TPSA) is 32.3 Å². The van der Waals surface area contributed by atoms with Gasteiger partial charge in [0.1, 0.15) is 0 Å². The standard InChI is InChI=1S/C18H20ClNO/c1-12(21)16-4-2-3-5-17(16)20-18(13-6-7-13)14-8-10-15(19)11-9-14/h2-5,8-13,18,20-21H,6-7H2,1H3. The van der Waals surface area contributed by atoms with Crippen LogP contribution in [0.15, 0.2) is 48.5 Å². The zero-order chi connectivity index (χ0) is 14.8. The molecule has 2 aromatic rings. The van der Waals surface area contributed by atoms with Crippen molar-refractivity contribution in [3.63, 3.8) is 0 Å². The van der Waals surface area contributed by atoms with E-state index in [4.69, 9.17) is 11.6 Å². The number of nitrogens with one attached hydrogen (secondary N) is 1. The molecule has 0 saturated heterocycles. The van der Waals surface area contributed by atoms with Crippen molar-refractivity contribution in [1.82, 2.24) is 0 Å². The van der Waals surface area contributed by atoms with Gasteiger partial charge < -0.3 is 10.4 Å². The molecule has 1 fully saturated rings. The molecular weight excluding hydrogens is 282 g/mol. The number of halogens is 1. The van der Waals surface area contributed by atoms with Gasteiger partial charge in [0.15, 0.2) is 0 Å². The van der Waals surface area contributed by atoms with Gasteiger partial charge in [0.2, 0.25) is 0 Å². The fourth-order valence-corrected chi connectivity index (χ4v) is 2.86. The highest BCUT2D eigenvalue weighted by Gasteiger charge is 2.32. The maximum Gasteiger partial charge on any atom is 0.0781 e. The summed E-state index contributed by atoms with van der Waals surface area (Å²) in [5.74, 6) is 0.660. The Morgan fingerprint density at radius 1 is 1.10 bits per heavy atom. The Kier molecular flexibility index (Phi) is 4.18. The summed E-state index contributed by atoms with van der Waals surface area (Å²) in [4.78, 5) is 0. The molecule has 2 nitrogen and oxygen atoms in total. The van der Waals surface area contributed by atoms with Gasteiger partial charge in [0, 0.05) is 16.3 Å². The maximum atomic E-state index is 9.92. The minimum absolute atomic E-state index is 0.280. The number of benzene rings is 2. The quantitative estimate of drug-likeness (QED) is 0.818. The van der Waals surface area contributed by atoms with Crippen molar-refractivity contribution >= 4 is 17.3 Å². The average molecular weight is 302 g/mol. The first kappa shape index (κ1) is 14.4. The second-order valence-electron chi connectivity index (χ2n) is 5.77. The number of anilines is 1. The Hall–Kier alpha value is -1.51. The molecule has 0 bridgehead atoms. The van der Waals surface area contributed by atoms with E-state index in [0.717, 1.165) is 16.3 Å². The van der Waals surface area contributed by atoms with E-state index in [-0.39, 0.29) is 6.04 Å². The van der Waals surface area contributed by atoms with E-state index in [2.05, 4.69) is 17.4 Å². The number of rotatable bonds is 5. The monoisotopic (exact) mass is 301 g/mol. The number of para-hydroxylation sites is 1. The van der Waals surface area contributed by atoms with Crippen LogP contribution in [-0.4, -0.2) is 5.11 Å². The average Bonchev–Trinajstić information content (AvgIpc) is 3.31. The lowest BCUT2D eigenvalue weighted by Crippen LogP contribution is -2.14. The molecule has 2 unspecified atom stereocenters. The molecule has 2 N–H and O–H groups in total. The first-order valence-corrected chi connectivity index (χ1v) is 7.82. The Labute approximate surface area is 130 Å². The van der Waals surface area contributed by atoms with Gasteiger partial charge in [-0.25, -0.2) is 0 Å². The second kappa shape index (κ2) is 6.08. The van der Waals surface area contributed by atoms with Crippen molar-refractivity contribution in [2.24, 2.45) is 5.92 Å². The largest absolute Gasteiger partial charge is 0.389 e.